The summed E-state index contributed by atoms with van der Waals surface area (Å²) in [6.07, 6.45) is 3.00. The van der Waals surface area contributed by atoms with Gasteiger partial charge in [-0.15, -0.1) is 0 Å². The molecule has 0 heterocycles. The summed E-state index contributed by atoms with van der Waals surface area (Å²) >= 11 is 0. The van der Waals surface area contributed by atoms with Crippen molar-refractivity contribution in [1.29, 1.82) is 0 Å². The normalized spacial score (nSPS) is 29.0. The second-order valence-corrected chi connectivity index (χ2v) is 5.91. The van der Waals surface area contributed by atoms with Crippen LogP contribution in [0.5, 0.6) is 0 Å². The Bertz CT molecular complexity index is 244. The lowest BCUT2D eigenvalue weighted by Crippen LogP contribution is -2.53. The number of carbonyl (C=O) groups is 1. The first kappa shape index (κ1) is 13.5. The molecule has 16 heavy (non-hydrogen) atoms. The van der Waals surface area contributed by atoms with Crippen LogP contribution >= 0.6 is 0 Å². The molecule has 3 heteroatoms. The Morgan fingerprint density at radius 1 is 1.50 bits per heavy atom. The maximum atomic E-state index is 12.3. The van der Waals surface area contributed by atoms with Crippen LogP contribution in [-0.4, -0.2) is 30.9 Å². The van der Waals surface area contributed by atoms with Crippen LogP contribution in [0.2, 0.25) is 0 Å². The number of hydrogen-bond acceptors (Lipinski definition) is 2. The van der Waals surface area contributed by atoms with Crippen LogP contribution in [0, 0.1) is 17.3 Å². The van der Waals surface area contributed by atoms with Crippen molar-refractivity contribution in [3.05, 3.63) is 0 Å². The quantitative estimate of drug-likeness (QED) is 0.778. The first-order chi connectivity index (χ1) is 7.41. The van der Waals surface area contributed by atoms with Gasteiger partial charge in [0.1, 0.15) is 0 Å². The van der Waals surface area contributed by atoms with Crippen LogP contribution < -0.4 is 5.73 Å². The molecule has 0 unspecified atom stereocenters. The van der Waals surface area contributed by atoms with Crippen molar-refractivity contribution in [2.75, 3.05) is 20.1 Å². The summed E-state index contributed by atoms with van der Waals surface area (Å²) in [6.45, 7) is 7.91. The van der Waals surface area contributed by atoms with Crippen LogP contribution in [0.4, 0.5) is 0 Å². The second kappa shape index (κ2) is 5.17. The average molecular weight is 226 g/mol. The molecule has 0 bridgehead atoms. The molecule has 1 fully saturated rings. The molecule has 0 aromatic carbocycles. The highest BCUT2D eigenvalue weighted by Gasteiger charge is 2.48. The van der Waals surface area contributed by atoms with Gasteiger partial charge in [0.05, 0.1) is 5.41 Å². The Kier molecular flexibility index (Phi) is 4.36. The molecule has 3 nitrogen and oxygen atoms in total. The number of amides is 1. The first-order valence-electron chi connectivity index (χ1n) is 6.37. The Balaban J connectivity index is 2.49. The van der Waals surface area contributed by atoms with E-state index in [0.29, 0.717) is 18.4 Å². The van der Waals surface area contributed by atoms with E-state index < -0.39 is 0 Å². The predicted molar refractivity (Wildman–Crippen MR) is 67.0 cm³/mol. The lowest BCUT2D eigenvalue weighted by atomic mass is 9.62. The smallest absolute Gasteiger partial charge is 0.229 e. The highest BCUT2D eigenvalue weighted by Crippen LogP contribution is 2.45. The molecule has 1 rings (SSSR count). The molecule has 0 saturated heterocycles. The summed E-state index contributed by atoms with van der Waals surface area (Å²) in [6, 6.07) is 0. The molecule has 1 aliphatic rings. The summed E-state index contributed by atoms with van der Waals surface area (Å²) in [4.78, 5) is 14.2. The van der Waals surface area contributed by atoms with Gasteiger partial charge in [0.15, 0.2) is 0 Å². The lowest BCUT2D eigenvalue weighted by molar-refractivity contribution is -0.148. The number of hydrogen-bond donors (Lipinski definition) is 1. The Morgan fingerprint density at radius 2 is 2.06 bits per heavy atom. The highest BCUT2D eigenvalue weighted by atomic mass is 16.2. The van der Waals surface area contributed by atoms with Gasteiger partial charge < -0.3 is 10.6 Å². The number of nitrogens with two attached hydrogens (primary N) is 1. The summed E-state index contributed by atoms with van der Waals surface area (Å²) in [7, 11) is 1.91. The van der Waals surface area contributed by atoms with Crippen molar-refractivity contribution in [3.8, 4) is 0 Å². The molecule has 0 aromatic rings. The molecule has 94 valence electrons. The minimum Gasteiger partial charge on any atom is -0.345 e. The number of carbonyl (C=O) groups excluding carboxylic acids is 1. The predicted octanol–water partition coefficient (Wildman–Crippen LogP) is 1.87. The monoisotopic (exact) mass is 226 g/mol. The molecule has 1 aliphatic carbocycles. The fraction of sp³-hybridized carbons (Fsp3) is 0.923. The zero-order valence-corrected chi connectivity index (χ0v) is 11.1. The Hall–Kier alpha value is -0.570. The van der Waals surface area contributed by atoms with Gasteiger partial charge in [0, 0.05) is 20.1 Å². The largest absolute Gasteiger partial charge is 0.345 e. The summed E-state index contributed by atoms with van der Waals surface area (Å²) in [5.41, 5.74) is 5.55. The SMILES string of the molecule is CC(C)CCN(C)C(=O)C1(CN)CC(C)C1. The van der Waals surface area contributed by atoms with Gasteiger partial charge in [-0.2, -0.15) is 0 Å². The van der Waals surface area contributed by atoms with Crippen LogP contribution in [0.15, 0.2) is 0 Å². The van der Waals surface area contributed by atoms with Crippen molar-refractivity contribution in [3.63, 3.8) is 0 Å². The van der Waals surface area contributed by atoms with E-state index in [-0.39, 0.29) is 11.3 Å². The molecule has 1 amide bonds. The maximum Gasteiger partial charge on any atom is 0.229 e. The van der Waals surface area contributed by atoms with Gasteiger partial charge in [-0.05, 0) is 31.1 Å². The third kappa shape index (κ3) is 2.76. The lowest BCUT2D eigenvalue weighted by Gasteiger charge is -2.46. The topological polar surface area (TPSA) is 46.3 Å². The third-order valence-corrected chi connectivity index (χ3v) is 3.71. The number of nitrogens with zero attached hydrogens (tertiary/aromatic N) is 1. The van der Waals surface area contributed by atoms with Crippen LogP contribution in [0.25, 0.3) is 0 Å². The van der Waals surface area contributed by atoms with Gasteiger partial charge in [0.25, 0.3) is 0 Å². The van der Waals surface area contributed by atoms with Crippen LogP contribution in [0.3, 0.4) is 0 Å². The van der Waals surface area contributed by atoms with Crippen molar-refractivity contribution < 1.29 is 4.79 Å². The number of rotatable bonds is 5. The fourth-order valence-electron chi connectivity index (χ4n) is 2.66. The molecule has 0 atom stereocenters. The van der Waals surface area contributed by atoms with E-state index in [1.807, 2.05) is 11.9 Å². The van der Waals surface area contributed by atoms with Crippen LogP contribution in [-0.2, 0) is 4.79 Å². The van der Waals surface area contributed by atoms with E-state index in [9.17, 15) is 4.79 Å². The van der Waals surface area contributed by atoms with Crippen LogP contribution in [0.1, 0.15) is 40.0 Å². The standard InChI is InChI=1S/C13H26N2O/c1-10(2)5-6-15(4)12(16)13(9-14)7-11(3)8-13/h10-11H,5-9,14H2,1-4H3. The molecular formula is C13H26N2O. The van der Waals surface area contributed by atoms with Crippen molar-refractivity contribution >= 4 is 5.91 Å². The molecule has 1 saturated carbocycles. The molecule has 2 N–H and O–H groups in total. The highest BCUT2D eigenvalue weighted by molar-refractivity contribution is 5.83. The maximum absolute atomic E-state index is 12.3. The van der Waals surface area contributed by atoms with Crippen molar-refractivity contribution in [2.45, 2.75) is 40.0 Å². The van der Waals surface area contributed by atoms with Gasteiger partial charge >= 0.3 is 0 Å². The van der Waals surface area contributed by atoms with E-state index in [0.717, 1.165) is 25.8 Å². The van der Waals surface area contributed by atoms with Gasteiger partial charge in [-0.3, -0.25) is 4.79 Å². The minimum atomic E-state index is -0.231. The molecular weight excluding hydrogens is 200 g/mol. The van der Waals surface area contributed by atoms with E-state index >= 15 is 0 Å². The summed E-state index contributed by atoms with van der Waals surface area (Å²) in [5.74, 6) is 1.56. The third-order valence-electron chi connectivity index (χ3n) is 3.71. The molecule has 0 aliphatic heterocycles. The van der Waals surface area contributed by atoms with E-state index in [1.54, 1.807) is 0 Å². The molecule has 0 spiro atoms. The summed E-state index contributed by atoms with van der Waals surface area (Å²) in [5, 5.41) is 0. The second-order valence-electron chi connectivity index (χ2n) is 5.91. The Morgan fingerprint density at radius 3 is 2.44 bits per heavy atom. The van der Waals surface area contributed by atoms with E-state index in [1.165, 1.54) is 0 Å². The molecule has 0 radical (unpaired) electrons. The Labute approximate surface area is 99.4 Å². The fourth-order valence-corrected chi connectivity index (χ4v) is 2.66. The average Bonchev–Trinajstić information content (AvgIpc) is 2.19. The molecule has 0 aromatic heterocycles. The van der Waals surface area contributed by atoms with E-state index in [4.69, 9.17) is 5.73 Å². The van der Waals surface area contributed by atoms with Gasteiger partial charge in [0.2, 0.25) is 5.91 Å². The van der Waals surface area contributed by atoms with Gasteiger partial charge in [-0.1, -0.05) is 20.8 Å². The van der Waals surface area contributed by atoms with E-state index in [2.05, 4.69) is 20.8 Å². The first-order valence-corrected chi connectivity index (χ1v) is 6.37. The van der Waals surface area contributed by atoms with Crippen molar-refractivity contribution in [2.24, 2.45) is 23.0 Å². The summed E-state index contributed by atoms with van der Waals surface area (Å²) < 4.78 is 0. The zero-order chi connectivity index (χ0) is 12.3. The van der Waals surface area contributed by atoms with Gasteiger partial charge in [-0.25, -0.2) is 0 Å². The zero-order valence-electron chi connectivity index (χ0n) is 11.1. The minimum absolute atomic E-state index is 0.231. The van der Waals surface area contributed by atoms with Crippen molar-refractivity contribution in [1.82, 2.24) is 4.90 Å².